The molecule has 1 aliphatic heterocycles. The highest BCUT2D eigenvalue weighted by Gasteiger charge is 2.19. The van der Waals surface area contributed by atoms with Gasteiger partial charge in [-0.3, -0.25) is 4.79 Å². The Balaban J connectivity index is 2.03. The quantitative estimate of drug-likeness (QED) is 0.669. The highest BCUT2D eigenvalue weighted by atomic mass is 16.6. The second kappa shape index (κ2) is 5.98. The molecule has 1 aliphatic rings. The van der Waals surface area contributed by atoms with Crippen molar-refractivity contribution in [3.8, 4) is 0 Å². The largest absolute Gasteiger partial charge is 0.460 e. The molecule has 0 radical (unpaired) electrons. The van der Waals surface area contributed by atoms with Crippen LogP contribution >= 0.6 is 0 Å². The van der Waals surface area contributed by atoms with Crippen LogP contribution in [0.2, 0.25) is 0 Å². The van der Waals surface area contributed by atoms with E-state index < -0.39 is 0 Å². The van der Waals surface area contributed by atoms with Crippen LogP contribution in [0.1, 0.15) is 32.6 Å². The molecule has 82 valence electrons. The first-order chi connectivity index (χ1) is 6.68. The minimum atomic E-state index is -0.124. The third-order valence-corrected chi connectivity index (χ3v) is 2.23. The number of nitrogens with two attached hydrogens (primary N) is 1. The van der Waals surface area contributed by atoms with Crippen molar-refractivity contribution in [1.82, 2.24) is 0 Å². The molecule has 4 heteroatoms. The number of rotatable bonds is 5. The van der Waals surface area contributed by atoms with Gasteiger partial charge in [0.05, 0.1) is 13.2 Å². The van der Waals surface area contributed by atoms with Crippen LogP contribution in [0.4, 0.5) is 0 Å². The Labute approximate surface area is 84.7 Å². The predicted octanol–water partition coefficient (Wildman–Crippen LogP) is 0.836. The topological polar surface area (TPSA) is 61.6 Å². The molecule has 0 aliphatic carbocycles. The molecule has 14 heavy (non-hydrogen) atoms. The molecule has 0 aromatic carbocycles. The van der Waals surface area contributed by atoms with Crippen molar-refractivity contribution in [2.24, 2.45) is 5.73 Å². The summed E-state index contributed by atoms with van der Waals surface area (Å²) in [6.45, 7) is 3.20. The van der Waals surface area contributed by atoms with E-state index in [1.54, 1.807) is 0 Å². The van der Waals surface area contributed by atoms with E-state index in [0.717, 1.165) is 19.3 Å². The molecule has 0 amide bonds. The van der Waals surface area contributed by atoms with Crippen molar-refractivity contribution >= 4 is 5.97 Å². The van der Waals surface area contributed by atoms with Crippen molar-refractivity contribution in [3.63, 3.8) is 0 Å². The number of esters is 1. The van der Waals surface area contributed by atoms with E-state index in [0.29, 0.717) is 19.6 Å². The molecular formula is C10H19NO3. The van der Waals surface area contributed by atoms with Crippen molar-refractivity contribution < 1.29 is 14.3 Å². The van der Waals surface area contributed by atoms with E-state index in [9.17, 15) is 4.79 Å². The van der Waals surface area contributed by atoms with Crippen LogP contribution in [0.5, 0.6) is 0 Å². The van der Waals surface area contributed by atoms with Crippen LogP contribution in [0.15, 0.2) is 0 Å². The zero-order valence-corrected chi connectivity index (χ0v) is 8.70. The van der Waals surface area contributed by atoms with E-state index in [4.69, 9.17) is 15.2 Å². The molecule has 4 nitrogen and oxygen atoms in total. The van der Waals surface area contributed by atoms with Crippen LogP contribution in [0.25, 0.3) is 0 Å². The first kappa shape index (κ1) is 11.5. The highest BCUT2D eigenvalue weighted by Crippen LogP contribution is 2.10. The zero-order valence-electron chi connectivity index (χ0n) is 8.70. The highest BCUT2D eigenvalue weighted by molar-refractivity contribution is 5.69. The molecule has 1 rings (SSSR count). The predicted molar refractivity (Wildman–Crippen MR) is 52.8 cm³/mol. The molecule has 0 bridgehead atoms. The third-order valence-electron chi connectivity index (χ3n) is 2.23. The summed E-state index contributed by atoms with van der Waals surface area (Å²) in [5.74, 6) is -0.124. The fourth-order valence-corrected chi connectivity index (χ4v) is 1.42. The lowest BCUT2D eigenvalue weighted by Crippen LogP contribution is -2.19. The lowest BCUT2D eigenvalue weighted by Gasteiger charge is -2.10. The van der Waals surface area contributed by atoms with E-state index in [1.165, 1.54) is 0 Å². The molecule has 0 aromatic rings. The summed E-state index contributed by atoms with van der Waals surface area (Å²) in [5.41, 5.74) is 5.57. The standard InChI is InChI=1S/C10H19NO3/c1-8(11)3-2-4-10(12)14-9-5-6-13-7-9/h8-9H,2-7,11H2,1H3. The van der Waals surface area contributed by atoms with Crippen LogP contribution in [0.3, 0.4) is 0 Å². The Bertz CT molecular complexity index is 176. The molecule has 2 N–H and O–H groups in total. The van der Waals surface area contributed by atoms with Crippen LogP contribution in [0, 0.1) is 0 Å². The maximum atomic E-state index is 11.3. The lowest BCUT2D eigenvalue weighted by molar-refractivity contribution is -0.149. The maximum Gasteiger partial charge on any atom is 0.306 e. The monoisotopic (exact) mass is 201 g/mol. The SMILES string of the molecule is CC(N)CCCC(=O)OC1CCOC1. The fraction of sp³-hybridized carbons (Fsp3) is 0.900. The Morgan fingerprint density at radius 2 is 2.50 bits per heavy atom. The maximum absolute atomic E-state index is 11.3. The minimum absolute atomic E-state index is 0.0159. The summed E-state index contributed by atoms with van der Waals surface area (Å²) in [7, 11) is 0. The van der Waals surface area contributed by atoms with Gasteiger partial charge in [0.25, 0.3) is 0 Å². The second-order valence-electron chi connectivity index (χ2n) is 3.84. The average Bonchev–Trinajstić information content (AvgIpc) is 2.56. The van der Waals surface area contributed by atoms with Gasteiger partial charge in [0.2, 0.25) is 0 Å². The van der Waals surface area contributed by atoms with E-state index >= 15 is 0 Å². The number of carbonyl (C=O) groups is 1. The van der Waals surface area contributed by atoms with Gasteiger partial charge in [-0.15, -0.1) is 0 Å². The first-order valence-electron chi connectivity index (χ1n) is 5.21. The summed E-state index contributed by atoms with van der Waals surface area (Å²) >= 11 is 0. The molecule has 2 atom stereocenters. The number of ether oxygens (including phenoxy) is 2. The Hall–Kier alpha value is -0.610. The number of hydrogen-bond acceptors (Lipinski definition) is 4. The molecule has 0 spiro atoms. The van der Waals surface area contributed by atoms with Gasteiger partial charge in [-0.05, 0) is 19.8 Å². The van der Waals surface area contributed by atoms with E-state index in [1.807, 2.05) is 6.92 Å². The van der Waals surface area contributed by atoms with Crippen LogP contribution in [-0.4, -0.2) is 31.3 Å². The number of carbonyl (C=O) groups excluding carboxylic acids is 1. The second-order valence-corrected chi connectivity index (χ2v) is 3.84. The Morgan fingerprint density at radius 1 is 1.71 bits per heavy atom. The molecule has 1 fully saturated rings. The summed E-state index contributed by atoms with van der Waals surface area (Å²) in [4.78, 5) is 11.3. The molecule has 1 saturated heterocycles. The third kappa shape index (κ3) is 4.58. The van der Waals surface area contributed by atoms with Gasteiger partial charge in [-0.25, -0.2) is 0 Å². The molecule has 2 unspecified atom stereocenters. The van der Waals surface area contributed by atoms with Crippen molar-refractivity contribution in [2.45, 2.75) is 44.8 Å². The van der Waals surface area contributed by atoms with Gasteiger partial charge in [-0.1, -0.05) is 0 Å². The summed E-state index contributed by atoms with van der Waals surface area (Å²) in [6.07, 6.45) is 2.97. The number of hydrogen-bond donors (Lipinski definition) is 1. The Morgan fingerprint density at radius 3 is 3.07 bits per heavy atom. The molecule has 1 heterocycles. The van der Waals surface area contributed by atoms with Crippen molar-refractivity contribution in [1.29, 1.82) is 0 Å². The molecule has 0 aromatic heterocycles. The molecule has 0 saturated carbocycles. The zero-order chi connectivity index (χ0) is 10.4. The lowest BCUT2D eigenvalue weighted by atomic mass is 10.1. The summed E-state index contributed by atoms with van der Waals surface area (Å²) in [5, 5.41) is 0. The summed E-state index contributed by atoms with van der Waals surface area (Å²) in [6, 6.07) is 0.164. The van der Waals surface area contributed by atoms with Gasteiger partial charge in [0.15, 0.2) is 0 Å². The smallest absolute Gasteiger partial charge is 0.306 e. The van der Waals surface area contributed by atoms with Gasteiger partial charge < -0.3 is 15.2 Å². The first-order valence-corrected chi connectivity index (χ1v) is 5.21. The van der Waals surface area contributed by atoms with Gasteiger partial charge in [0.1, 0.15) is 6.10 Å². The molecular weight excluding hydrogens is 182 g/mol. The fourth-order valence-electron chi connectivity index (χ4n) is 1.42. The van der Waals surface area contributed by atoms with Gasteiger partial charge in [-0.2, -0.15) is 0 Å². The Kier molecular flexibility index (Phi) is 4.90. The normalized spacial score (nSPS) is 23.4. The van der Waals surface area contributed by atoms with Gasteiger partial charge >= 0.3 is 5.97 Å². The van der Waals surface area contributed by atoms with Crippen LogP contribution < -0.4 is 5.73 Å². The van der Waals surface area contributed by atoms with Gasteiger partial charge in [0, 0.05) is 18.9 Å². The van der Waals surface area contributed by atoms with Crippen LogP contribution in [-0.2, 0) is 14.3 Å². The van der Waals surface area contributed by atoms with E-state index in [2.05, 4.69) is 0 Å². The van der Waals surface area contributed by atoms with Crippen molar-refractivity contribution in [2.75, 3.05) is 13.2 Å². The van der Waals surface area contributed by atoms with Crippen molar-refractivity contribution in [3.05, 3.63) is 0 Å². The summed E-state index contributed by atoms with van der Waals surface area (Å²) < 4.78 is 10.3. The van der Waals surface area contributed by atoms with E-state index in [-0.39, 0.29) is 18.1 Å². The minimum Gasteiger partial charge on any atom is -0.460 e. The average molecular weight is 201 g/mol.